The molecular formula is C12H16. The molecule has 0 saturated heterocycles. The number of allylic oxidation sites excluding steroid dienone is 5. The van der Waals surface area contributed by atoms with Gasteiger partial charge in [-0.2, -0.15) is 0 Å². The molecule has 0 aromatic rings. The smallest absolute Gasteiger partial charge is 0.00606 e. The van der Waals surface area contributed by atoms with E-state index in [4.69, 9.17) is 0 Å². The van der Waals surface area contributed by atoms with Crippen LogP contribution in [0.15, 0.2) is 48.6 Å². The van der Waals surface area contributed by atoms with Crippen molar-refractivity contribution in [2.45, 2.75) is 19.8 Å². The zero-order chi connectivity index (χ0) is 9.14. The predicted octanol–water partition coefficient (Wildman–Crippen LogP) is 3.64. The molecule has 0 bridgehead atoms. The van der Waals surface area contributed by atoms with Crippen LogP contribution in [0.25, 0.3) is 0 Å². The van der Waals surface area contributed by atoms with Gasteiger partial charge in [-0.3, -0.25) is 0 Å². The van der Waals surface area contributed by atoms with Gasteiger partial charge in [-0.05, 0) is 24.0 Å². The van der Waals surface area contributed by atoms with E-state index in [0.717, 1.165) is 12.8 Å². The van der Waals surface area contributed by atoms with Gasteiger partial charge in [-0.15, -0.1) is 13.2 Å². The van der Waals surface area contributed by atoms with Crippen LogP contribution in [0.3, 0.4) is 0 Å². The van der Waals surface area contributed by atoms with E-state index >= 15 is 0 Å². The van der Waals surface area contributed by atoms with Gasteiger partial charge in [0, 0.05) is 5.92 Å². The van der Waals surface area contributed by atoms with E-state index in [1.54, 1.807) is 0 Å². The monoisotopic (exact) mass is 160 g/mol. The maximum absolute atomic E-state index is 3.99. The first-order chi connectivity index (χ1) is 5.72. The van der Waals surface area contributed by atoms with Crippen LogP contribution < -0.4 is 0 Å². The Bertz CT molecular complexity index is 241. The van der Waals surface area contributed by atoms with Crippen molar-refractivity contribution in [1.82, 2.24) is 0 Å². The predicted molar refractivity (Wildman–Crippen MR) is 55.0 cm³/mol. The molecule has 1 fully saturated rings. The molecular weight excluding hydrogens is 144 g/mol. The lowest BCUT2D eigenvalue weighted by Crippen LogP contribution is -1.79. The van der Waals surface area contributed by atoms with E-state index in [1.807, 2.05) is 12.2 Å². The molecule has 0 aromatic carbocycles. The second-order valence-electron chi connectivity index (χ2n) is 3.25. The van der Waals surface area contributed by atoms with Crippen LogP contribution in [-0.2, 0) is 0 Å². The Hall–Kier alpha value is -1.04. The highest BCUT2D eigenvalue weighted by Gasteiger charge is 2.32. The quantitative estimate of drug-likeness (QED) is 0.551. The van der Waals surface area contributed by atoms with Crippen LogP contribution in [0, 0.1) is 5.92 Å². The molecule has 0 heterocycles. The molecule has 1 aliphatic carbocycles. The molecule has 0 heteroatoms. The van der Waals surface area contributed by atoms with Gasteiger partial charge in [0.1, 0.15) is 0 Å². The molecule has 1 atom stereocenters. The van der Waals surface area contributed by atoms with Crippen LogP contribution in [0.4, 0.5) is 0 Å². The number of hydrogen-bond acceptors (Lipinski definition) is 0. The van der Waals surface area contributed by atoms with Crippen LogP contribution in [0.1, 0.15) is 19.8 Å². The van der Waals surface area contributed by atoms with Gasteiger partial charge >= 0.3 is 0 Å². The minimum Gasteiger partial charge on any atom is -0.103 e. The van der Waals surface area contributed by atoms with Crippen LogP contribution >= 0.6 is 0 Å². The summed E-state index contributed by atoms with van der Waals surface area (Å²) in [6.07, 6.45) is 5.85. The second kappa shape index (κ2) is 3.57. The van der Waals surface area contributed by atoms with Gasteiger partial charge in [0.2, 0.25) is 0 Å². The molecule has 0 aromatic heterocycles. The Morgan fingerprint density at radius 2 is 1.75 bits per heavy atom. The van der Waals surface area contributed by atoms with Crippen molar-refractivity contribution < 1.29 is 0 Å². The molecule has 0 radical (unpaired) electrons. The fourth-order valence-electron chi connectivity index (χ4n) is 1.58. The molecule has 1 saturated carbocycles. The lowest BCUT2D eigenvalue weighted by molar-refractivity contribution is 1.03. The van der Waals surface area contributed by atoms with Crippen LogP contribution in [0.5, 0.6) is 0 Å². The summed E-state index contributed by atoms with van der Waals surface area (Å²) in [5.41, 5.74) is 4.20. The van der Waals surface area contributed by atoms with E-state index in [0.29, 0.717) is 5.92 Å². The van der Waals surface area contributed by atoms with Gasteiger partial charge in [0.15, 0.2) is 0 Å². The maximum Gasteiger partial charge on any atom is 0.00606 e. The summed E-state index contributed by atoms with van der Waals surface area (Å²) in [4.78, 5) is 0. The van der Waals surface area contributed by atoms with Gasteiger partial charge < -0.3 is 0 Å². The van der Waals surface area contributed by atoms with Crippen molar-refractivity contribution in [2.75, 3.05) is 0 Å². The van der Waals surface area contributed by atoms with E-state index in [2.05, 4.69) is 26.7 Å². The maximum atomic E-state index is 3.99. The summed E-state index contributed by atoms with van der Waals surface area (Å²) < 4.78 is 0. The van der Waals surface area contributed by atoms with Crippen LogP contribution in [0.2, 0.25) is 0 Å². The highest BCUT2D eigenvalue weighted by atomic mass is 14.4. The van der Waals surface area contributed by atoms with Crippen molar-refractivity contribution >= 4 is 0 Å². The van der Waals surface area contributed by atoms with E-state index in [1.165, 1.54) is 16.7 Å². The van der Waals surface area contributed by atoms with E-state index < -0.39 is 0 Å². The number of hydrogen-bond donors (Lipinski definition) is 0. The summed E-state index contributed by atoms with van der Waals surface area (Å²) in [6, 6.07) is 0. The Kier molecular flexibility index (Phi) is 2.69. The highest BCUT2D eigenvalue weighted by Crippen LogP contribution is 2.46. The van der Waals surface area contributed by atoms with Gasteiger partial charge in [0.25, 0.3) is 0 Å². The first-order valence-corrected chi connectivity index (χ1v) is 4.35. The first kappa shape index (κ1) is 9.05. The lowest BCUT2D eigenvalue weighted by Gasteiger charge is -1.98. The Morgan fingerprint density at radius 1 is 1.33 bits per heavy atom. The topological polar surface area (TPSA) is 0 Å². The molecule has 0 N–H and O–H groups in total. The standard InChI is InChI=1S/C12H16/c1-5-7-11(8-6-2)12-9(3)10(12)4/h5-6,10H,1-3,7-8H2,4H3. The third-order valence-electron chi connectivity index (χ3n) is 2.38. The average molecular weight is 160 g/mol. The largest absolute Gasteiger partial charge is 0.103 e. The van der Waals surface area contributed by atoms with Crippen LogP contribution in [-0.4, -0.2) is 0 Å². The highest BCUT2D eigenvalue weighted by molar-refractivity contribution is 5.56. The summed E-state index contributed by atoms with van der Waals surface area (Å²) >= 11 is 0. The molecule has 0 amide bonds. The molecule has 64 valence electrons. The molecule has 1 rings (SSSR count). The minimum absolute atomic E-state index is 0.611. The van der Waals surface area contributed by atoms with Crippen molar-refractivity contribution in [3.8, 4) is 0 Å². The average Bonchev–Trinajstić information content (AvgIpc) is 2.60. The lowest BCUT2D eigenvalue weighted by atomic mass is 10.1. The van der Waals surface area contributed by atoms with Crippen molar-refractivity contribution in [3.05, 3.63) is 48.6 Å². The molecule has 0 aliphatic heterocycles. The zero-order valence-electron chi connectivity index (χ0n) is 7.77. The Labute approximate surface area is 75.0 Å². The first-order valence-electron chi connectivity index (χ1n) is 4.35. The second-order valence-corrected chi connectivity index (χ2v) is 3.25. The summed E-state index contributed by atoms with van der Waals surface area (Å²) in [5, 5.41) is 0. The fourth-order valence-corrected chi connectivity index (χ4v) is 1.58. The summed E-state index contributed by atoms with van der Waals surface area (Å²) in [6.45, 7) is 13.7. The molecule has 12 heavy (non-hydrogen) atoms. The van der Waals surface area contributed by atoms with Crippen molar-refractivity contribution in [1.29, 1.82) is 0 Å². The minimum atomic E-state index is 0.611. The number of rotatable bonds is 4. The van der Waals surface area contributed by atoms with E-state index in [9.17, 15) is 0 Å². The normalized spacial score (nSPS) is 20.6. The SMILES string of the molecule is C=CCC(CC=C)=C1C(=C)C1C. The molecule has 0 spiro atoms. The van der Waals surface area contributed by atoms with Gasteiger partial charge in [-0.1, -0.05) is 31.2 Å². The summed E-state index contributed by atoms with van der Waals surface area (Å²) in [7, 11) is 0. The molecule has 1 unspecified atom stereocenters. The fraction of sp³-hybridized carbons (Fsp3) is 0.333. The summed E-state index contributed by atoms with van der Waals surface area (Å²) in [5.74, 6) is 0.611. The van der Waals surface area contributed by atoms with Gasteiger partial charge in [0.05, 0.1) is 0 Å². The van der Waals surface area contributed by atoms with E-state index in [-0.39, 0.29) is 0 Å². The third kappa shape index (κ3) is 1.58. The van der Waals surface area contributed by atoms with Gasteiger partial charge in [-0.25, -0.2) is 0 Å². The Balaban J connectivity index is 2.78. The Morgan fingerprint density at radius 3 is 2.00 bits per heavy atom. The zero-order valence-corrected chi connectivity index (χ0v) is 7.77. The third-order valence-corrected chi connectivity index (χ3v) is 2.38. The van der Waals surface area contributed by atoms with Crippen molar-refractivity contribution in [3.63, 3.8) is 0 Å². The molecule has 1 aliphatic rings. The van der Waals surface area contributed by atoms with Crippen molar-refractivity contribution in [2.24, 2.45) is 5.92 Å². The molecule has 0 nitrogen and oxygen atoms in total.